The van der Waals surface area contributed by atoms with Gasteiger partial charge in [0.15, 0.2) is 23.2 Å². The molecule has 1 heterocycles. The van der Waals surface area contributed by atoms with E-state index < -0.39 is 5.97 Å². The van der Waals surface area contributed by atoms with E-state index in [0.717, 1.165) is 36.9 Å². The number of rotatable bonds is 33. The number of aliphatic imine (C=N–C) groups is 1. The van der Waals surface area contributed by atoms with Crippen LogP contribution in [0.4, 0.5) is 0 Å². The number of aliphatic carboxylic acids is 1. The fourth-order valence-corrected chi connectivity index (χ4v) is 9.61. The Labute approximate surface area is 426 Å². The first kappa shape index (κ1) is 53.8. The second-order valence-electron chi connectivity index (χ2n) is 13.1. The number of guanidine groups is 1. The molecule has 4 aromatic rings. The molecule has 0 saturated heterocycles. The average Bonchev–Trinajstić information content (AvgIpc) is 3.71. The third-order valence-corrected chi connectivity index (χ3v) is 11.6. The molecule has 0 radical (unpaired) electrons. The van der Waals surface area contributed by atoms with Crippen LogP contribution in [0.3, 0.4) is 0 Å². The van der Waals surface area contributed by atoms with Crippen LogP contribution in [0, 0.1) is 14.3 Å². The van der Waals surface area contributed by atoms with Crippen molar-refractivity contribution in [1.29, 1.82) is 0 Å². The lowest BCUT2D eigenvalue weighted by Gasteiger charge is -2.16. The van der Waals surface area contributed by atoms with E-state index in [0.29, 0.717) is 121 Å². The number of carbonyl (C=O) groups is 1. The smallest absolute Gasteiger partial charge is 0.307 e. The quantitative estimate of drug-likeness (QED) is 0.0226. The lowest BCUT2D eigenvalue weighted by atomic mass is 10.1. The van der Waals surface area contributed by atoms with Crippen molar-refractivity contribution in [3.05, 3.63) is 73.7 Å². The van der Waals surface area contributed by atoms with Crippen LogP contribution in [0.25, 0.3) is 0 Å². The molecule has 23 heteroatoms. The van der Waals surface area contributed by atoms with Gasteiger partial charge in [-0.05, 0) is 138 Å². The van der Waals surface area contributed by atoms with Gasteiger partial charge >= 0.3 is 5.97 Å². The Kier molecular flexibility index (Phi) is 25.6. The second kappa shape index (κ2) is 30.5. The normalized spacial score (nSPS) is 11.1. The van der Waals surface area contributed by atoms with Crippen molar-refractivity contribution in [2.75, 3.05) is 100 Å². The SMILES string of the molecule is COc1cc(CN=C(N)N)cc(OC)c1OCCOCCOCCOCCOCCOCCOCCn1nncc1COc1c(I)cc(Oc2c(I)cc(CC(=O)O)cc2I)cc1I. The van der Waals surface area contributed by atoms with Gasteiger partial charge in [0.05, 0.1) is 139 Å². The summed E-state index contributed by atoms with van der Waals surface area (Å²) in [6, 6.07) is 11.0. The van der Waals surface area contributed by atoms with Gasteiger partial charge in [0.2, 0.25) is 5.75 Å². The first-order chi connectivity index (χ1) is 31.0. The molecule has 5 N–H and O–H groups in total. The van der Waals surface area contributed by atoms with Crippen LogP contribution in [0.2, 0.25) is 0 Å². The van der Waals surface area contributed by atoms with Gasteiger partial charge in [0.25, 0.3) is 0 Å². The molecule has 0 spiro atoms. The van der Waals surface area contributed by atoms with Gasteiger partial charge in [0, 0.05) is 0 Å². The number of nitrogens with zero attached hydrogens (tertiary/aromatic N) is 4. The van der Waals surface area contributed by atoms with E-state index in [1.54, 1.807) is 37.2 Å². The maximum Gasteiger partial charge on any atom is 0.307 e. The van der Waals surface area contributed by atoms with Crippen LogP contribution in [0.5, 0.6) is 34.5 Å². The van der Waals surface area contributed by atoms with Crippen LogP contribution in [-0.4, -0.2) is 132 Å². The van der Waals surface area contributed by atoms with Crippen molar-refractivity contribution >= 4 is 102 Å². The number of ether oxygens (including phenoxy) is 11. The van der Waals surface area contributed by atoms with E-state index in [2.05, 4.69) is 106 Å². The Morgan fingerprint density at radius 3 is 1.61 bits per heavy atom. The number of carboxylic acids is 1. The number of carboxylic acid groups (broad SMARTS) is 1. The van der Waals surface area contributed by atoms with Crippen molar-refractivity contribution < 1.29 is 62.0 Å². The highest BCUT2D eigenvalue weighted by molar-refractivity contribution is 14.1. The van der Waals surface area contributed by atoms with E-state index in [1.807, 2.05) is 24.3 Å². The van der Waals surface area contributed by atoms with E-state index >= 15 is 0 Å². The van der Waals surface area contributed by atoms with E-state index in [1.165, 1.54) is 0 Å². The zero-order chi connectivity index (χ0) is 46.1. The van der Waals surface area contributed by atoms with Crippen molar-refractivity contribution in [3.8, 4) is 34.5 Å². The van der Waals surface area contributed by atoms with Crippen LogP contribution < -0.4 is 35.2 Å². The lowest BCUT2D eigenvalue weighted by molar-refractivity contribution is -0.136. The lowest BCUT2D eigenvalue weighted by Crippen LogP contribution is -2.22. The predicted octanol–water partition coefficient (Wildman–Crippen LogP) is 5.66. The second-order valence-corrected chi connectivity index (χ2v) is 17.8. The highest BCUT2D eigenvalue weighted by Gasteiger charge is 2.17. The largest absolute Gasteiger partial charge is 0.493 e. The molecule has 352 valence electrons. The molecule has 4 rings (SSSR count). The Morgan fingerprint density at radius 2 is 1.12 bits per heavy atom. The maximum atomic E-state index is 11.2. The third-order valence-electron chi connectivity index (χ3n) is 8.41. The first-order valence-corrected chi connectivity index (χ1v) is 24.1. The van der Waals surface area contributed by atoms with Crippen molar-refractivity contribution in [1.82, 2.24) is 15.0 Å². The predicted molar refractivity (Wildman–Crippen MR) is 269 cm³/mol. The minimum Gasteiger partial charge on any atom is -0.493 e. The summed E-state index contributed by atoms with van der Waals surface area (Å²) in [6.45, 7) is 6.53. The van der Waals surface area contributed by atoms with Gasteiger partial charge in [-0.3, -0.25) is 4.79 Å². The van der Waals surface area contributed by atoms with Crippen LogP contribution in [0.1, 0.15) is 16.8 Å². The van der Waals surface area contributed by atoms with Crippen molar-refractivity contribution in [3.63, 3.8) is 0 Å². The molecule has 0 aliphatic carbocycles. The molecule has 19 nitrogen and oxygen atoms in total. The fraction of sp³-hybridized carbons (Fsp3) is 0.463. The molecule has 0 amide bonds. The molecule has 0 atom stereocenters. The van der Waals surface area contributed by atoms with E-state index in [4.69, 9.17) is 68.7 Å². The number of aromatic nitrogens is 3. The number of benzene rings is 3. The topological polar surface area (TPSA) is 234 Å². The standard InChI is InChI=1S/C41H52I4N6O13/c1-54-35-19-28(24-48-41(46)47)20-36(55-2)40(35)62-16-15-61-14-13-60-12-11-59-10-9-58-8-7-57-6-5-56-4-3-51-29(25-49-50-51)26-63-38-33(44)22-30(23-34(38)45)64-39-31(42)17-27(18-32(39)43)21-37(52)53/h17-20,22-23,25H,3-16,21,24,26H2,1-2H3,(H,52,53)(H4,46,47,48). The zero-order valence-electron chi connectivity index (χ0n) is 35.4. The summed E-state index contributed by atoms with van der Waals surface area (Å²) in [5, 5.41) is 17.4. The third kappa shape index (κ3) is 19.6. The van der Waals surface area contributed by atoms with E-state index in [-0.39, 0.29) is 25.5 Å². The highest BCUT2D eigenvalue weighted by atomic mass is 127. The Hall–Kier alpha value is -2.78. The highest BCUT2D eigenvalue weighted by Crippen LogP contribution is 2.39. The summed E-state index contributed by atoms with van der Waals surface area (Å²) >= 11 is 8.78. The van der Waals surface area contributed by atoms with Crippen LogP contribution >= 0.6 is 90.4 Å². The molecule has 3 aromatic carbocycles. The number of nitrogens with two attached hydrogens (primary N) is 2. The monoisotopic (exact) mass is 1340 g/mol. The molecule has 0 saturated carbocycles. The van der Waals surface area contributed by atoms with Crippen LogP contribution in [-0.2, 0) is 59.3 Å². The fourth-order valence-electron chi connectivity index (χ4n) is 5.47. The molecule has 0 bridgehead atoms. The average molecular weight is 1340 g/mol. The maximum absolute atomic E-state index is 11.2. The molecular weight excluding hydrogens is 1290 g/mol. The molecule has 0 unspecified atom stereocenters. The first-order valence-electron chi connectivity index (χ1n) is 19.7. The van der Waals surface area contributed by atoms with Gasteiger partial charge in [-0.2, -0.15) is 0 Å². The molecule has 0 fully saturated rings. The summed E-state index contributed by atoms with van der Waals surface area (Å²) in [4.78, 5) is 15.2. The summed E-state index contributed by atoms with van der Waals surface area (Å²) in [5.41, 5.74) is 13.2. The van der Waals surface area contributed by atoms with Crippen molar-refractivity contribution in [2.24, 2.45) is 16.5 Å². The zero-order valence-corrected chi connectivity index (χ0v) is 44.0. The van der Waals surface area contributed by atoms with E-state index in [9.17, 15) is 4.79 Å². The number of halogens is 4. The number of methoxy groups -OCH3 is 2. The molecule has 1 aromatic heterocycles. The van der Waals surface area contributed by atoms with Gasteiger partial charge in [-0.15, -0.1) is 5.10 Å². The molecule has 0 aliphatic heterocycles. The minimum absolute atomic E-state index is 0.000763. The van der Waals surface area contributed by atoms with Gasteiger partial charge < -0.3 is 68.7 Å². The van der Waals surface area contributed by atoms with Crippen molar-refractivity contribution in [2.45, 2.75) is 26.1 Å². The van der Waals surface area contributed by atoms with Gasteiger partial charge in [-0.1, -0.05) is 5.21 Å². The number of hydrogen-bond acceptors (Lipinski definition) is 15. The Balaban J connectivity index is 0.966. The van der Waals surface area contributed by atoms with Gasteiger partial charge in [0.1, 0.15) is 24.7 Å². The molecule has 64 heavy (non-hydrogen) atoms. The Morgan fingerprint density at radius 1 is 0.641 bits per heavy atom. The van der Waals surface area contributed by atoms with Crippen LogP contribution in [0.15, 0.2) is 47.6 Å². The summed E-state index contributed by atoms with van der Waals surface area (Å²) in [6.07, 6.45) is 1.63. The summed E-state index contributed by atoms with van der Waals surface area (Å²) in [5.74, 6) is 2.66. The van der Waals surface area contributed by atoms with Gasteiger partial charge in [-0.25, -0.2) is 9.67 Å². The summed E-state index contributed by atoms with van der Waals surface area (Å²) < 4.78 is 68.0. The Bertz CT molecular complexity index is 2010. The minimum atomic E-state index is -0.876. The molecule has 0 aliphatic rings. The summed E-state index contributed by atoms with van der Waals surface area (Å²) in [7, 11) is 3.09. The number of hydrogen-bond donors (Lipinski definition) is 3. The molecular formula is C41H52I4N6O13.